The molecule has 1 aliphatic heterocycles. The summed E-state index contributed by atoms with van der Waals surface area (Å²) in [5.74, 6) is -0.438. The number of esters is 1. The Hall–Kier alpha value is -2.45. The highest BCUT2D eigenvalue weighted by atomic mass is 32.1. The highest BCUT2D eigenvalue weighted by Gasteiger charge is 2.40. The normalized spacial score (nSPS) is 21.2. The summed E-state index contributed by atoms with van der Waals surface area (Å²) in [7, 11) is 0. The Morgan fingerprint density at radius 1 is 1.27 bits per heavy atom. The quantitative estimate of drug-likeness (QED) is 0.441. The monoisotopic (exact) mass is 471 g/mol. The van der Waals surface area contributed by atoms with E-state index >= 15 is 0 Å². The van der Waals surface area contributed by atoms with Gasteiger partial charge in [-0.15, -0.1) is 0 Å². The van der Waals surface area contributed by atoms with E-state index in [-0.39, 0.29) is 35.2 Å². The van der Waals surface area contributed by atoms with Crippen molar-refractivity contribution >= 4 is 30.5 Å². The van der Waals surface area contributed by atoms with E-state index in [2.05, 4.69) is 10.00 Å². The van der Waals surface area contributed by atoms with E-state index in [0.29, 0.717) is 31.8 Å². The van der Waals surface area contributed by atoms with Gasteiger partial charge in [0.2, 0.25) is 0 Å². The van der Waals surface area contributed by atoms with Crippen molar-refractivity contribution in [1.29, 1.82) is 0 Å². The Morgan fingerprint density at radius 3 is 2.79 bits per heavy atom. The summed E-state index contributed by atoms with van der Waals surface area (Å²) in [6.07, 6.45) is 6.63. The molecule has 1 aromatic carbocycles. The van der Waals surface area contributed by atoms with Crippen LogP contribution < -0.4 is 0 Å². The number of hydrogen-bond donors (Lipinski definition) is 1. The fraction of sp³-hybridized carbons (Fsp3) is 0.480. The number of ketones is 1. The van der Waals surface area contributed by atoms with Crippen LogP contribution in [0, 0.1) is 11.7 Å². The van der Waals surface area contributed by atoms with Gasteiger partial charge in [-0.1, -0.05) is 18.2 Å². The first-order valence-corrected chi connectivity index (χ1v) is 12.1. The lowest BCUT2D eigenvalue weighted by Gasteiger charge is -2.37. The molecule has 0 amide bonds. The van der Waals surface area contributed by atoms with Gasteiger partial charge in [0.15, 0.2) is 5.78 Å². The molecule has 4 rings (SSSR count). The molecule has 0 bridgehead atoms. The van der Waals surface area contributed by atoms with Gasteiger partial charge in [-0.3, -0.25) is 19.2 Å². The number of Topliss-reactive ketones (excluding diaryl/α,β-unsaturated/α-hetero) is 1. The second-order valence-electron chi connectivity index (χ2n) is 8.65. The van der Waals surface area contributed by atoms with Crippen molar-refractivity contribution in [2.75, 3.05) is 19.7 Å². The minimum atomic E-state index is -0.579. The van der Waals surface area contributed by atoms with Crippen LogP contribution in [-0.2, 0) is 20.9 Å². The number of halogens is 1. The third-order valence-corrected chi connectivity index (χ3v) is 6.75. The van der Waals surface area contributed by atoms with Gasteiger partial charge >= 0.3 is 5.97 Å². The van der Waals surface area contributed by atoms with Gasteiger partial charge in [-0.2, -0.15) is 17.7 Å². The zero-order valence-electron chi connectivity index (χ0n) is 18.8. The first kappa shape index (κ1) is 23.7. The lowest BCUT2D eigenvalue weighted by Crippen LogP contribution is -2.42. The molecular weight excluding hydrogens is 441 g/mol. The minimum absolute atomic E-state index is 0.0332. The number of rotatable bonds is 9. The Balaban J connectivity index is 1.51. The minimum Gasteiger partial charge on any atom is -0.466 e. The first-order chi connectivity index (χ1) is 16.0. The van der Waals surface area contributed by atoms with Crippen molar-refractivity contribution in [3.8, 4) is 0 Å². The number of thiol groups is 1. The molecule has 33 heavy (non-hydrogen) atoms. The predicted octanol–water partition coefficient (Wildman–Crippen LogP) is 4.08. The fourth-order valence-corrected chi connectivity index (χ4v) is 4.55. The van der Waals surface area contributed by atoms with E-state index in [9.17, 15) is 14.0 Å². The van der Waals surface area contributed by atoms with Gasteiger partial charge in [0, 0.05) is 36.0 Å². The summed E-state index contributed by atoms with van der Waals surface area (Å²) >= 11 is 4.76. The van der Waals surface area contributed by atoms with Crippen LogP contribution in [0.25, 0.3) is 6.08 Å². The number of piperidine rings is 1. The molecule has 1 aromatic heterocycles. The molecule has 1 saturated carbocycles. The number of benzene rings is 1. The van der Waals surface area contributed by atoms with Gasteiger partial charge in [-0.05, 0) is 50.0 Å². The average molecular weight is 472 g/mol. The van der Waals surface area contributed by atoms with Gasteiger partial charge in [-0.25, -0.2) is 4.39 Å². The standard InChI is InChI=1S/C25H30FN3O3S/c1-2-32-23(30)11-14-29-13-9-19(27-29)15-18-16-28(12-10-22(18)33)24(25(31)17-7-8-17)20-5-3-4-6-21(20)26/h3-6,9,13,15,17,22,24,33H,2,7-8,10-12,14,16H2,1H3/b18-15+/t22-,24?/m1/s1. The molecule has 0 spiro atoms. The molecule has 176 valence electrons. The van der Waals surface area contributed by atoms with Crippen molar-refractivity contribution in [1.82, 2.24) is 14.7 Å². The maximum Gasteiger partial charge on any atom is 0.307 e. The molecule has 6 nitrogen and oxygen atoms in total. The molecule has 1 saturated heterocycles. The molecule has 2 fully saturated rings. The lowest BCUT2D eigenvalue weighted by atomic mass is 9.93. The fourth-order valence-electron chi connectivity index (χ4n) is 4.28. The SMILES string of the molecule is CCOC(=O)CCn1ccc(/C=C2\CN(C(C(=O)C3CC3)c3ccccc3F)CC[C@H]2S)n1. The van der Waals surface area contributed by atoms with Crippen molar-refractivity contribution in [2.24, 2.45) is 5.92 Å². The van der Waals surface area contributed by atoms with Crippen molar-refractivity contribution < 1.29 is 18.7 Å². The summed E-state index contributed by atoms with van der Waals surface area (Å²) in [4.78, 5) is 26.8. The number of hydrogen-bond acceptors (Lipinski definition) is 6. The smallest absolute Gasteiger partial charge is 0.307 e. The van der Waals surface area contributed by atoms with Crippen LogP contribution in [0.2, 0.25) is 0 Å². The van der Waals surface area contributed by atoms with Crippen LogP contribution in [0.15, 0.2) is 42.1 Å². The number of aromatic nitrogens is 2. The summed E-state index contributed by atoms with van der Waals surface area (Å²) < 4.78 is 21.4. The van der Waals surface area contributed by atoms with Gasteiger partial charge in [0.1, 0.15) is 5.82 Å². The number of carbonyl (C=O) groups excluding carboxylic acids is 2. The van der Waals surface area contributed by atoms with Crippen molar-refractivity contribution in [3.63, 3.8) is 0 Å². The van der Waals surface area contributed by atoms with Crippen LogP contribution in [0.3, 0.4) is 0 Å². The van der Waals surface area contributed by atoms with E-state index in [4.69, 9.17) is 17.4 Å². The molecule has 2 heterocycles. The topological polar surface area (TPSA) is 64.4 Å². The molecule has 8 heteroatoms. The Labute approximate surface area is 199 Å². The van der Waals surface area contributed by atoms with E-state index < -0.39 is 6.04 Å². The number of aryl methyl sites for hydroxylation is 1. The summed E-state index contributed by atoms with van der Waals surface area (Å²) in [5.41, 5.74) is 2.27. The van der Waals surface area contributed by atoms with Crippen LogP contribution in [0.1, 0.15) is 49.9 Å². The predicted molar refractivity (Wildman–Crippen MR) is 127 cm³/mol. The Bertz CT molecular complexity index is 1030. The number of ether oxygens (including phenoxy) is 1. The second-order valence-corrected chi connectivity index (χ2v) is 9.28. The molecule has 2 aliphatic rings. The third-order valence-electron chi connectivity index (χ3n) is 6.16. The zero-order valence-corrected chi connectivity index (χ0v) is 19.7. The van der Waals surface area contributed by atoms with Gasteiger partial charge in [0.25, 0.3) is 0 Å². The number of likely N-dealkylation sites (tertiary alicyclic amines) is 1. The maximum atomic E-state index is 14.7. The zero-order chi connectivity index (χ0) is 23.4. The van der Waals surface area contributed by atoms with Crippen molar-refractivity contribution in [3.05, 3.63) is 59.2 Å². The first-order valence-electron chi connectivity index (χ1n) is 11.6. The van der Waals surface area contributed by atoms with Gasteiger partial charge < -0.3 is 4.74 Å². The molecule has 0 N–H and O–H groups in total. The summed E-state index contributed by atoms with van der Waals surface area (Å²) in [6.45, 7) is 3.81. The molecule has 2 aromatic rings. The molecule has 1 unspecified atom stereocenters. The van der Waals surface area contributed by atoms with Crippen LogP contribution in [0.5, 0.6) is 0 Å². The van der Waals surface area contributed by atoms with E-state index in [1.807, 2.05) is 18.3 Å². The van der Waals surface area contributed by atoms with E-state index in [1.54, 1.807) is 29.8 Å². The van der Waals surface area contributed by atoms with Crippen molar-refractivity contribution in [2.45, 2.75) is 50.4 Å². The number of carbonyl (C=O) groups is 2. The van der Waals surface area contributed by atoms with Crippen LogP contribution in [-0.4, -0.2) is 51.4 Å². The lowest BCUT2D eigenvalue weighted by molar-refractivity contribution is -0.143. The van der Waals surface area contributed by atoms with Crippen LogP contribution in [0.4, 0.5) is 4.39 Å². The maximum absolute atomic E-state index is 14.7. The highest BCUT2D eigenvalue weighted by molar-refractivity contribution is 7.81. The highest BCUT2D eigenvalue weighted by Crippen LogP contribution is 2.39. The molecule has 2 atom stereocenters. The van der Waals surface area contributed by atoms with Crippen LogP contribution >= 0.6 is 12.6 Å². The van der Waals surface area contributed by atoms with E-state index in [1.165, 1.54) is 6.07 Å². The Kier molecular flexibility index (Phi) is 7.65. The largest absolute Gasteiger partial charge is 0.466 e. The Morgan fingerprint density at radius 2 is 2.06 bits per heavy atom. The summed E-state index contributed by atoms with van der Waals surface area (Å²) in [6, 6.07) is 7.90. The summed E-state index contributed by atoms with van der Waals surface area (Å²) in [5, 5.41) is 4.58. The molecular formula is C25H30FN3O3S. The van der Waals surface area contributed by atoms with E-state index in [0.717, 1.165) is 30.5 Å². The molecule has 1 aliphatic carbocycles. The number of nitrogens with zero attached hydrogens (tertiary/aromatic N) is 3. The second kappa shape index (κ2) is 10.7. The van der Waals surface area contributed by atoms with Gasteiger partial charge in [0.05, 0.1) is 31.3 Å². The molecule has 0 radical (unpaired) electrons. The average Bonchev–Trinajstić information content (AvgIpc) is 3.56. The third kappa shape index (κ3) is 5.92.